The quantitative estimate of drug-likeness (QED) is 0.400. The van der Waals surface area contributed by atoms with Gasteiger partial charge in [-0.05, 0) is 38.2 Å². The second-order valence-corrected chi connectivity index (χ2v) is 9.48. The molecule has 3 rings (SSSR count). The molecule has 0 aliphatic carbocycles. The molecular formula is C24H37N5OS. The summed E-state index contributed by atoms with van der Waals surface area (Å²) in [6.45, 7) is 12.4. The number of hydrogen-bond donors (Lipinski definition) is 3. The molecule has 0 bridgehead atoms. The van der Waals surface area contributed by atoms with Crippen LogP contribution in [0.4, 0.5) is 0 Å². The van der Waals surface area contributed by atoms with E-state index in [2.05, 4.69) is 79.4 Å². The second-order valence-electron chi connectivity index (χ2n) is 8.54. The molecule has 2 heterocycles. The highest BCUT2D eigenvalue weighted by Gasteiger charge is 2.34. The summed E-state index contributed by atoms with van der Waals surface area (Å²) in [7, 11) is 0. The summed E-state index contributed by atoms with van der Waals surface area (Å²) < 4.78 is 5.67. The summed E-state index contributed by atoms with van der Waals surface area (Å²) >= 11 is 1.69. The van der Waals surface area contributed by atoms with E-state index in [1.54, 1.807) is 11.3 Å². The van der Waals surface area contributed by atoms with E-state index >= 15 is 0 Å². The average molecular weight is 444 g/mol. The lowest BCUT2D eigenvalue weighted by molar-refractivity contribution is 0.0355. The molecule has 1 aromatic heterocycles. The SMILES string of the molecule is CCNC(=NCc1nc(C(C)C)cs1)NCC1(NC(C)c2ccccc2)CCOCC1. The van der Waals surface area contributed by atoms with Gasteiger partial charge >= 0.3 is 0 Å². The summed E-state index contributed by atoms with van der Waals surface area (Å²) in [4.78, 5) is 9.50. The van der Waals surface area contributed by atoms with Gasteiger partial charge < -0.3 is 20.7 Å². The van der Waals surface area contributed by atoms with Crippen molar-refractivity contribution in [1.82, 2.24) is 20.9 Å². The summed E-state index contributed by atoms with van der Waals surface area (Å²) in [6.07, 6.45) is 1.95. The zero-order valence-electron chi connectivity index (χ0n) is 19.3. The summed E-state index contributed by atoms with van der Waals surface area (Å²) in [5.74, 6) is 1.29. The number of rotatable bonds is 9. The molecule has 0 amide bonds. The number of aromatic nitrogens is 1. The number of thiazole rings is 1. The zero-order chi connectivity index (χ0) is 22.1. The number of benzene rings is 1. The molecule has 1 atom stereocenters. The third-order valence-electron chi connectivity index (χ3n) is 5.74. The predicted molar refractivity (Wildman–Crippen MR) is 130 cm³/mol. The Bertz CT molecular complexity index is 814. The first-order valence-corrected chi connectivity index (χ1v) is 12.3. The van der Waals surface area contributed by atoms with Gasteiger partial charge in [-0.1, -0.05) is 44.2 Å². The largest absolute Gasteiger partial charge is 0.381 e. The summed E-state index contributed by atoms with van der Waals surface area (Å²) in [5, 5.41) is 14.1. The molecule has 1 fully saturated rings. The molecule has 0 spiro atoms. The number of aliphatic imine (C=N–C) groups is 1. The van der Waals surface area contributed by atoms with Gasteiger partial charge in [0.05, 0.1) is 12.2 Å². The Balaban J connectivity index is 1.65. The van der Waals surface area contributed by atoms with Crippen molar-refractivity contribution in [2.24, 2.45) is 4.99 Å². The van der Waals surface area contributed by atoms with E-state index in [1.165, 1.54) is 5.56 Å². The molecule has 0 radical (unpaired) electrons. The molecule has 170 valence electrons. The van der Waals surface area contributed by atoms with Crippen LogP contribution >= 0.6 is 11.3 Å². The highest BCUT2D eigenvalue weighted by atomic mass is 32.1. The molecule has 1 saturated heterocycles. The Morgan fingerprint density at radius 1 is 1.16 bits per heavy atom. The smallest absolute Gasteiger partial charge is 0.191 e. The third kappa shape index (κ3) is 7.02. The van der Waals surface area contributed by atoms with E-state index in [4.69, 9.17) is 14.7 Å². The first kappa shape index (κ1) is 23.7. The lowest BCUT2D eigenvalue weighted by Crippen LogP contribution is -2.58. The van der Waals surface area contributed by atoms with Crippen LogP contribution in [0.5, 0.6) is 0 Å². The maximum Gasteiger partial charge on any atom is 0.191 e. The normalized spacial score (nSPS) is 17.5. The highest BCUT2D eigenvalue weighted by Crippen LogP contribution is 2.25. The lowest BCUT2D eigenvalue weighted by Gasteiger charge is -2.41. The number of nitrogens with zero attached hydrogens (tertiary/aromatic N) is 2. The van der Waals surface area contributed by atoms with Crippen molar-refractivity contribution in [3.63, 3.8) is 0 Å². The lowest BCUT2D eigenvalue weighted by atomic mass is 9.88. The first-order chi connectivity index (χ1) is 15.0. The topological polar surface area (TPSA) is 70.6 Å². The van der Waals surface area contributed by atoms with Gasteiger partial charge in [-0.2, -0.15) is 0 Å². The Kier molecular flexibility index (Phi) is 8.87. The van der Waals surface area contributed by atoms with Crippen LogP contribution in [0.1, 0.15) is 68.8 Å². The molecule has 1 aliphatic heterocycles. The van der Waals surface area contributed by atoms with Gasteiger partial charge in [0, 0.05) is 43.3 Å². The molecule has 6 nitrogen and oxygen atoms in total. The second kappa shape index (κ2) is 11.6. The molecule has 1 aromatic carbocycles. The summed E-state index contributed by atoms with van der Waals surface area (Å²) in [5.41, 5.74) is 2.42. The number of guanidine groups is 1. The van der Waals surface area contributed by atoms with E-state index in [0.29, 0.717) is 12.5 Å². The van der Waals surface area contributed by atoms with Crippen LogP contribution in [0.15, 0.2) is 40.7 Å². The van der Waals surface area contributed by atoms with E-state index in [0.717, 1.165) is 55.8 Å². The standard InChI is InChI=1S/C24H37N5OS/c1-5-25-23(26-15-22-28-21(16-31-22)18(2)3)27-17-24(11-13-30-14-12-24)29-19(4)20-9-7-6-8-10-20/h6-10,16,18-19,29H,5,11-15,17H2,1-4H3,(H2,25,26,27). The molecule has 2 aromatic rings. The van der Waals surface area contributed by atoms with Crippen molar-refractivity contribution in [2.45, 2.75) is 64.6 Å². The Morgan fingerprint density at radius 2 is 1.90 bits per heavy atom. The third-order valence-corrected chi connectivity index (χ3v) is 6.60. The first-order valence-electron chi connectivity index (χ1n) is 11.4. The predicted octanol–water partition coefficient (Wildman–Crippen LogP) is 4.22. The Labute approximate surface area is 190 Å². The summed E-state index contributed by atoms with van der Waals surface area (Å²) in [6, 6.07) is 10.9. The molecular weight excluding hydrogens is 406 g/mol. The van der Waals surface area contributed by atoms with Gasteiger partial charge in [-0.15, -0.1) is 11.3 Å². The number of ether oxygens (including phenoxy) is 1. The molecule has 31 heavy (non-hydrogen) atoms. The van der Waals surface area contributed by atoms with Crippen molar-refractivity contribution in [1.29, 1.82) is 0 Å². The van der Waals surface area contributed by atoms with Gasteiger partial charge in [0.2, 0.25) is 0 Å². The van der Waals surface area contributed by atoms with Gasteiger partial charge in [0.15, 0.2) is 5.96 Å². The Morgan fingerprint density at radius 3 is 2.55 bits per heavy atom. The minimum absolute atomic E-state index is 0.0320. The van der Waals surface area contributed by atoms with Gasteiger partial charge in [0.25, 0.3) is 0 Å². The van der Waals surface area contributed by atoms with Crippen LogP contribution in [-0.2, 0) is 11.3 Å². The van der Waals surface area contributed by atoms with Crippen LogP contribution in [0.3, 0.4) is 0 Å². The van der Waals surface area contributed by atoms with Gasteiger partial charge in [0.1, 0.15) is 5.01 Å². The van der Waals surface area contributed by atoms with Crippen LogP contribution in [-0.4, -0.2) is 42.8 Å². The van der Waals surface area contributed by atoms with Crippen molar-refractivity contribution in [3.05, 3.63) is 52.0 Å². The average Bonchev–Trinajstić information content (AvgIpc) is 3.26. The maximum absolute atomic E-state index is 5.67. The molecule has 7 heteroatoms. The fourth-order valence-corrected chi connectivity index (χ4v) is 4.70. The van der Waals surface area contributed by atoms with Crippen molar-refractivity contribution < 1.29 is 4.74 Å². The van der Waals surface area contributed by atoms with Gasteiger partial charge in [-0.25, -0.2) is 9.98 Å². The zero-order valence-corrected chi connectivity index (χ0v) is 20.1. The monoisotopic (exact) mass is 443 g/mol. The van der Waals surface area contributed by atoms with Crippen molar-refractivity contribution in [2.75, 3.05) is 26.3 Å². The fraction of sp³-hybridized carbons (Fsp3) is 0.583. The van der Waals surface area contributed by atoms with E-state index in [1.807, 2.05) is 0 Å². The molecule has 1 unspecified atom stereocenters. The van der Waals surface area contributed by atoms with Crippen LogP contribution < -0.4 is 16.0 Å². The van der Waals surface area contributed by atoms with Crippen molar-refractivity contribution >= 4 is 17.3 Å². The van der Waals surface area contributed by atoms with Crippen molar-refractivity contribution in [3.8, 4) is 0 Å². The molecule has 0 saturated carbocycles. The van der Waals surface area contributed by atoms with Gasteiger partial charge in [-0.3, -0.25) is 0 Å². The number of nitrogens with one attached hydrogen (secondary N) is 3. The number of hydrogen-bond acceptors (Lipinski definition) is 5. The van der Waals surface area contributed by atoms with E-state index in [9.17, 15) is 0 Å². The van der Waals surface area contributed by atoms with Crippen LogP contribution in [0.2, 0.25) is 0 Å². The molecule has 3 N–H and O–H groups in total. The Hall–Kier alpha value is -1.96. The minimum atomic E-state index is -0.0320. The van der Waals surface area contributed by atoms with Crippen LogP contribution in [0.25, 0.3) is 0 Å². The maximum atomic E-state index is 5.67. The highest BCUT2D eigenvalue weighted by molar-refractivity contribution is 7.09. The van der Waals surface area contributed by atoms with Crippen LogP contribution in [0, 0.1) is 0 Å². The molecule has 1 aliphatic rings. The van der Waals surface area contributed by atoms with E-state index < -0.39 is 0 Å². The van der Waals surface area contributed by atoms with E-state index in [-0.39, 0.29) is 11.6 Å². The fourth-order valence-electron chi connectivity index (χ4n) is 3.82. The minimum Gasteiger partial charge on any atom is -0.381 e.